The Morgan fingerprint density at radius 2 is 2.00 bits per heavy atom. The van der Waals surface area contributed by atoms with Crippen LogP contribution in [0.15, 0.2) is 29.3 Å². The highest BCUT2D eigenvalue weighted by Crippen LogP contribution is 2.26. The van der Waals surface area contributed by atoms with Crippen LogP contribution in [0.2, 0.25) is 0 Å². The van der Waals surface area contributed by atoms with Gasteiger partial charge in [0.05, 0.1) is 19.3 Å². The summed E-state index contributed by atoms with van der Waals surface area (Å²) in [6.07, 6.45) is 2.23. The first-order valence-electron chi connectivity index (χ1n) is 9.19. The number of ether oxygens (including phenoxy) is 2. The van der Waals surface area contributed by atoms with Gasteiger partial charge in [-0.3, -0.25) is 4.99 Å². The second-order valence-electron chi connectivity index (χ2n) is 7.56. The maximum atomic E-state index is 5.85. The smallest absolute Gasteiger partial charge is 0.191 e. The van der Waals surface area contributed by atoms with Gasteiger partial charge in [0.25, 0.3) is 0 Å². The summed E-state index contributed by atoms with van der Waals surface area (Å²) in [6.45, 7) is 11.8. The summed E-state index contributed by atoms with van der Waals surface area (Å²) >= 11 is 0. The maximum absolute atomic E-state index is 5.85. The summed E-state index contributed by atoms with van der Waals surface area (Å²) in [4.78, 5) is 4.80. The van der Waals surface area contributed by atoms with E-state index >= 15 is 0 Å². The van der Waals surface area contributed by atoms with Gasteiger partial charge in [-0.25, -0.2) is 0 Å². The van der Waals surface area contributed by atoms with Crippen molar-refractivity contribution in [1.82, 2.24) is 10.6 Å². The van der Waals surface area contributed by atoms with Gasteiger partial charge in [0, 0.05) is 25.1 Å². The summed E-state index contributed by atoms with van der Waals surface area (Å²) in [5.41, 5.74) is 1.11. The van der Waals surface area contributed by atoms with Crippen molar-refractivity contribution in [2.45, 2.75) is 51.6 Å². The molecule has 5 nitrogen and oxygen atoms in total. The van der Waals surface area contributed by atoms with Crippen molar-refractivity contribution < 1.29 is 9.47 Å². The molecule has 1 fully saturated rings. The number of rotatable bonds is 7. The Hall–Kier alpha value is -1.75. The lowest BCUT2D eigenvalue weighted by Gasteiger charge is -2.26. The van der Waals surface area contributed by atoms with Crippen molar-refractivity contribution in [3.8, 4) is 5.75 Å². The topological polar surface area (TPSA) is 54.9 Å². The van der Waals surface area contributed by atoms with E-state index in [9.17, 15) is 0 Å². The van der Waals surface area contributed by atoms with Crippen LogP contribution in [-0.4, -0.2) is 44.9 Å². The highest BCUT2D eigenvalue weighted by molar-refractivity contribution is 5.79. The van der Waals surface area contributed by atoms with Crippen molar-refractivity contribution in [2.75, 3.05) is 33.4 Å². The first-order chi connectivity index (χ1) is 11.9. The van der Waals surface area contributed by atoms with Gasteiger partial charge in [0.2, 0.25) is 0 Å². The number of hydrogen-bond donors (Lipinski definition) is 2. The molecule has 1 aliphatic rings. The number of hydrogen-bond acceptors (Lipinski definition) is 3. The molecule has 1 aromatic rings. The third-order valence-electron chi connectivity index (χ3n) is 4.78. The van der Waals surface area contributed by atoms with Gasteiger partial charge in [0.15, 0.2) is 5.96 Å². The van der Waals surface area contributed by atoms with E-state index in [1.54, 1.807) is 7.11 Å². The quantitative estimate of drug-likeness (QED) is 0.588. The normalized spacial score (nSPS) is 21.2. The highest BCUT2D eigenvalue weighted by Gasteiger charge is 2.29. The van der Waals surface area contributed by atoms with E-state index in [1.165, 1.54) is 5.56 Å². The summed E-state index contributed by atoms with van der Waals surface area (Å²) in [7, 11) is 1.69. The van der Waals surface area contributed by atoms with E-state index < -0.39 is 0 Å². The molecule has 0 amide bonds. The SMILES string of the molecule is CCNC(=NCC(C)(C)c1ccc(OC)cc1)NCC1(C)CCCO1. The third-order valence-corrected chi connectivity index (χ3v) is 4.78. The zero-order valence-corrected chi connectivity index (χ0v) is 16.3. The second kappa shape index (κ2) is 8.56. The van der Waals surface area contributed by atoms with Crippen molar-refractivity contribution in [2.24, 2.45) is 4.99 Å². The summed E-state index contributed by atoms with van der Waals surface area (Å²) in [5, 5.41) is 6.77. The molecule has 1 saturated heterocycles. The average molecular weight is 348 g/mol. The average Bonchev–Trinajstić information content (AvgIpc) is 3.04. The number of guanidine groups is 1. The Morgan fingerprint density at radius 3 is 2.56 bits per heavy atom. The minimum absolute atomic E-state index is 0.0532. The van der Waals surface area contributed by atoms with Gasteiger partial charge < -0.3 is 20.1 Å². The summed E-state index contributed by atoms with van der Waals surface area (Å²) < 4.78 is 11.1. The minimum Gasteiger partial charge on any atom is -0.497 e. The maximum Gasteiger partial charge on any atom is 0.191 e. The van der Waals surface area contributed by atoms with Gasteiger partial charge in [-0.1, -0.05) is 26.0 Å². The number of methoxy groups -OCH3 is 1. The molecule has 1 heterocycles. The monoisotopic (exact) mass is 347 g/mol. The minimum atomic E-state index is -0.0817. The van der Waals surface area contributed by atoms with Crippen molar-refractivity contribution >= 4 is 5.96 Å². The van der Waals surface area contributed by atoms with E-state index in [0.717, 1.165) is 44.2 Å². The molecule has 140 valence electrons. The van der Waals surface area contributed by atoms with E-state index in [4.69, 9.17) is 14.5 Å². The van der Waals surface area contributed by atoms with Crippen molar-refractivity contribution in [1.29, 1.82) is 0 Å². The van der Waals surface area contributed by atoms with Crippen LogP contribution in [0.4, 0.5) is 0 Å². The summed E-state index contributed by atoms with van der Waals surface area (Å²) in [5.74, 6) is 1.73. The molecule has 2 N–H and O–H groups in total. The van der Waals surface area contributed by atoms with E-state index in [1.807, 2.05) is 12.1 Å². The molecule has 1 aromatic carbocycles. The molecule has 2 rings (SSSR count). The molecule has 0 spiro atoms. The fourth-order valence-electron chi connectivity index (χ4n) is 3.00. The molecule has 0 bridgehead atoms. The molecule has 0 aromatic heterocycles. The third kappa shape index (κ3) is 5.63. The molecule has 0 aliphatic carbocycles. The molecule has 1 unspecified atom stereocenters. The Morgan fingerprint density at radius 1 is 1.28 bits per heavy atom. The fourth-order valence-corrected chi connectivity index (χ4v) is 3.00. The largest absolute Gasteiger partial charge is 0.497 e. The van der Waals surface area contributed by atoms with Crippen LogP contribution in [0.5, 0.6) is 5.75 Å². The van der Waals surface area contributed by atoms with Crippen LogP contribution in [-0.2, 0) is 10.2 Å². The first kappa shape index (κ1) is 19.6. The first-order valence-corrected chi connectivity index (χ1v) is 9.19. The lowest BCUT2D eigenvalue weighted by molar-refractivity contribution is 0.0243. The predicted octanol–water partition coefficient (Wildman–Crippen LogP) is 3.10. The van der Waals surface area contributed by atoms with Crippen molar-refractivity contribution in [3.63, 3.8) is 0 Å². The lowest BCUT2D eigenvalue weighted by Crippen LogP contribution is -2.46. The fraction of sp³-hybridized carbons (Fsp3) is 0.650. The zero-order chi connectivity index (χ0) is 18.3. The molecule has 0 saturated carbocycles. The number of nitrogens with zero attached hydrogens (tertiary/aromatic N) is 1. The van der Waals surface area contributed by atoms with Gasteiger partial charge in [-0.2, -0.15) is 0 Å². The highest BCUT2D eigenvalue weighted by atomic mass is 16.5. The molecular weight excluding hydrogens is 314 g/mol. The Bertz CT molecular complexity index is 561. The molecule has 25 heavy (non-hydrogen) atoms. The lowest BCUT2D eigenvalue weighted by atomic mass is 9.85. The number of benzene rings is 1. The van der Waals surface area contributed by atoms with E-state index in [-0.39, 0.29) is 11.0 Å². The van der Waals surface area contributed by atoms with E-state index in [0.29, 0.717) is 6.54 Å². The second-order valence-corrected chi connectivity index (χ2v) is 7.56. The van der Waals surface area contributed by atoms with Gasteiger partial charge in [-0.15, -0.1) is 0 Å². The predicted molar refractivity (Wildman–Crippen MR) is 104 cm³/mol. The van der Waals surface area contributed by atoms with Crippen molar-refractivity contribution in [3.05, 3.63) is 29.8 Å². The Balaban J connectivity index is 2.00. The number of aliphatic imine (C=N–C) groups is 1. The van der Waals surface area contributed by atoms with Crippen LogP contribution in [0.1, 0.15) is 46.1 Å². The van der Waals surface area contributed by atoms with Crippen LogP contribution >= 0.6 is 0 Å². The molecular formula is C20H33N3O2. The molecule has 1 aliphatic heterocycles. The van der Waals surface area contributed by atoms with Crippen LogP contribution in [0, 0.1) is 0 Å². The van der Waals surface area contributed by atoms with Crippen LogP contribution in [0.3, 0.4) is 0 Å². The molecule has 5 heteroatoms. The van der Waals surface area contributed by atoms with Crippen LogP contribution < -0.4 is 15.4 Å². The van der Waals surface area contributed by atoms with Gasteiger partial charge >= 0.3 is 0 Å². The zero-order valence-electron chi connectivity index (χ0n) is 16.3. The standard InChI is InChI=1S/C20H33N3O2/c1-6-21-18(23-15-20(4)12-7-13-25-20)22-14-19(2,3)16-8-10-17(24-5)11-9-16/h8-11H,6-7,12-15H2,1-5H3,(H2,21,22,23). The Kier molecular flexibility index (Phi) is 6.71. The summed E-state index contributed by atoms with van der Waals surface area (Å²) in [6, 6.07) is 8.23. The Labute approximate surface area is 152 Å². The van der Waals surface area contributed by atoms with Gasteiger partial charge in [-0.05, 0) is 44.4 Å². The van der Waals surface area contributed by atoms with Crippen LogP contribution in [0.25, 0.3) is 0 Å². The van der Waals surface area contributed by atoms with Gasteiger partial charge in [0.1, 0.15) is 5.75 Å². The molecule has 0 radical (unpaired) electrons. The number of nitrogens with one attached hydrogen (secondary N) is 2. The molecule has 1 atom stereocenters. The van der Waals surface area contributed by atoms with E-state index in [2.05, 4.69) is 50.5 Å².